The Bertz CT molecular complexity index is 886. The van der Waals surface area contributed by atoms with Crippen LogP contribution in [0.15, 0.2) is 30.6 Å². The second-order valence-corrected chi connectivity index (χ2v) is 6.36. The minimum Gasteiger partial charge on any atom is -0.367 e. The van der Waals surface area contributed by atoms with E-state index in [1.54, 1.807) is 6.20 Å². The summed E-state index contributed by atoms with van der Waals surface area (Å²) in [4.78, 5) is 19.9. The number of aromatic amines is 1. The molecule has 3 aromatic rings. The first-order chi connectivity index (χ1) is 11.1. The molecule has 0 atom stereocenters. The number of rotatable bonds is 4. The number of carbonyl (C=O) groups is 1. The van der Waals surface area contributed by atoms with Crippen molar-refractivity contribution in [1.82, 2.24) is 19.9 Å². The van der Waals surface area contributed by atoms with Crippen molar-refractivity contribution in [3.05, 3.63) is 53.1 Å². The van der Waals surface area contributed by atoms with Crippen LogP contribution in [0.25, 0.3) is 11.0 Å². The highest BCUT2D eigenvalue weighted by molar-refractivity contribution is 5.95. The molecule has 118 valence electrons. The lowest BCUT2D eigenvalue weighted by Gasteiger charge is -2.05. The molecule has 2 N–H and O–H groups in total. The maximum atomic E-state index is 12.2. The van der Waals surface area contributed by atoms with Gasteiger partial charge in [-0.05, 0) is 43.0 Å². The number of fused-ring (bicyclic) bond motifs is 1. The predicted molar refractivity (Wildman–Crippen MR) is 89.4 cm³/mol. The lowest BCUT2D eigenvalue weighted by atomic mass is 10.1. The molecule has 5 nitrogen and oxygen atoms in total. The van der Waals surface area contributed by atoms with E-state index in [9.17, 15) is 4.79 Å². The number of hydrogen-bond donors (Lipinski definition) is 2. The van der Waals surface area contributed by atoms with Crippen LogP contribution in [0.3, 0.4) is 0 Å². The van der Waals surface area contributed by atoms with E-state index in [1.165, 1.54) is 18.7 Å². The largest absolute Gasteiger partial charge is 0.367 e. The predicted octanol–water partition coefficient (Wildman–Crippen LogP) is 3.02. The van der Waals surface area contributed by atoms with Crippen LogP contribution in [0, 0.1) is 6.92 Å². The molecule has 0 unspecified atom stereocenters. The Morgan fingerprint density at radius 2 is 2.22 bits per heavy atom. The molecule has 0 saturated heterocycles. The molecule has 0 spiro atoms. The Balaban J connectivity index is 1.53. The minimum absolute atomic E-state index is 0.0523. The second kappa shape index (κ2) is 5.26. The first-order valence-corrected chi connectivity index (χ1v) is 8.00. The smallest absolute Gasteiger partial charge is 0.253 e. The molecular weight excluding hydrogens is 288 g/mol. The van der Waals surface area contributed by atoms with Gasteiger partial charge in [-0.1, -0.05) is 6.07 Å². The standard InChI is InChI=1S/C18H20N4O/c1-11-8-19-10-14(11)18(23)20-9-12-3-6-16-15(7-12)21-17(22(16)2)13-4-5-13/h3,6-8,10,13,19H,4-5,9H2,1-2H3,(H,20,23). The third-order valence-electron chi connectivity index (χ3n) is 4.57. The zero-order valence-corrected chi connectivity index (χ0v) is 13.4. The van der Waals surface area contributed by atoms with Crippen molar-refractivity contribution in [2.45, 2.75) is 32.2 Å². The summed E-state index contributed by atoms with van der Waals surface area (Å²) in [5.74, 6) is 1.76. The van der Waals surface area contributed by atoms with Gasteiger partial charge in [0.05, 0.1) is 16.6 Å². The monoisotopic (exact) mass is 308 g/mol. The fourth-order valence-corrected chi connectivity index (χ4v) is 3.04. The highest BCUT2D eigenvalue weighted by Crippen LogP contribution is 2.40. The zero-order chi connectivity index (χ0) is 16.0. The summed E-state index contributed by atoms with van der Waals surface area (Å²) in [6.45, 7) is 2.43. The summed E-state index contributed by atoms with van der Waals surface area (Å²) in [6.07, 6.45) is 6.05. The molecule has 1 aromatic carbocycles. The molecule has 4 rings (SSSR count). The van der Waals surface area contributed by atoms with Crippen LogP contribution >= 0.6 is 0 Å². The van der Waals surface area contributed by atoms with E-state index in [2.05, 4.69) is 40.1 Å². The van der Waals surface area contributed by atoms with E-state index in [4.69, 9.17) is 4.98 Å². The SMILES string of the molecule is Cc1c[nH]cc1C(=O)NCc1ccc2c(c1)nc(C1CC1)n2C. The molecule has 0 radical (unpaired) electrons. The summed E-state index contributed by atoms with van der Waals surface area (Å²) >= 11 is 0. The number of aromatic nitrogens is 3. The molecule has 1 amide bonds. The molecule has 1 saturated carbocycles. The van der Waals surface area contributed by atoms with Crippen LogP contribution in [0.5, 0.6) is 0 Å². The fourth-order valence-electron chi connectivity index (χ4n) is 3.04. The summed E-state index contributed by atoms with van der Waals surface area (Å²) in [5.41, 5.74) is 4.89. The van der Waals surface area contributed by atoms with Crippen LogP contribution in [0.4, 0.5) is 0 Å². The van der Waals surface area contributed by atoms with E-state index in [1.807, 2.05) is 13.1 Å². The maximum Gasteiger partial charge on any atom is 0.253 e. The molecule has 2 aromatic heterocycles. The quantitative estimate of drug-likeness (QED) is 0.778. The second-order valence-electron chi connectivity index (χ2n) is 6.36. The Labute approximate surface area is 134 Å². The van der Waals surface area contributed by atoms with Gasteiger partial charge in [-0.3, -0.25) is 4.79 Å². The van der Waals surface area contributed by atoms with Crippen LogP contribution in [0.2, 0.25) is 0 Å². The van der Waals surface area contributed by atoms with Gasteiger partial charge >= 0.3 is 0 Å². The summed E-state index contributed by atoms with van der Waals surface area (Å²) in [6, 6.07) is 6.23. The first kappa shape index (κ1) is 14.1. The van der Waals surface area contributed by atoms with Crippen LogP contribution in [-0.4, -0.2) is 20.4 Å². The number of benzene rings is 1. The van der Waals surface area contributed by atoms with E-state index in [0.717, 1.165) is 22.2 Å². The van der Waals surface area contributed by atoms with Gasteiger partial charge in [-0.25, -0.2) is 4.98 Å². The molecule has 1 aliphatic rings. The van der Waals surface area contributed by atoms with Gasteiger partial charge < -0.3 is 14.9 Å². The Kier molecular flexibility index (Phi) is 3.22. The van der Waals surface area contributed by atoms with E-state index in [0.29, 0.717) is 18.0 Å². The third kappa shape index (κ3) is 2.52. The lowest BCUT2D eigenvalue weighted by Crippen LogP contribution is -2.22. The zero-order valence-electron chi connectivity index (χ0n) is 13.4. The molecule has 23 heavy (non-hydrogen) atoms. The number of amides is 1. The van der Waals surface area contributed by atoms with Gasteiger partial charge in [-0.15, -0.1) is 0 Å². The van der Waals surface area contributed by atoms with Crippen molar-refractivity contribution < 1.29 is 4.79 Å². The van der Waals surface area contributed by atoms with Gasteiger partial charge in [0, 0.05) is 31.9 Å². The normalized spacial score (nSPS) is 14.3. The number of imidazole rings is 1. The van der Waals surface area contributed by atoms with Gasteiger partial charge in [0.25, 0.3) is 5.91 Å². The van der Waals surface area contributed by atoms with E-state index in [-0.39, 0.29) is 5.91 Å². The summed E-state index contributed by atoms with van der Waals surface area (Å²) in [7, 11) is 2.08. The van der Waals surface area contributed by atoms with Crippen LogP contribution in [-0.2, 0) is 13.6 Å². The van der Waals surface area contributed by atoms with Crippen molar-refractivity contribution in [1.29, 1.82) is 0 Å². The maximum absolute atomic E-state index is 12.2. The van der Waals surface area contributed by atoms with Crippen LogP contribution in [0.1, 0.15) is 46.1 Å². The molecule has 1 aliphatic carbocycles. The summed E-state index contributed by atoms with van der Waals surface area (Å²) < 4.78 is 2.19. The average Bonchev–Trinajstić information content (AvgIpc) is 3.22. The first-order valence-electron chi connectivity index (χ1n) is 8.00. The van der Waals surface area contributed by atoms with Crippen molar-refractivity contribution in [2.75, 3.05) is 0 Å². The Morgan fingerprint density at radius 3 is 2.91 bits per heavy atom. The number of H-pyrrole nitrogens is 1. The number of nitrogens with zero attached hydrogens (tertiary/aromatic N) is 2. The van der Waals surface area contributed by atoms with Crippen molar-refractivity contribution in [3.63, 3.8) is 0 Å². The number of hydrogen-bond acceptors (Lipinski definition) is 2. The molecule has 2 heterocycles. The highest BCUT2D eigenvalue weighted by atomic mass is 16.1. The average molecular weight is 308 g/mol. The fraction of sp³-hybridized carbons (Fsp3) is 0.333. The number of carbonyl (C=O) groups excluding carboxylic acids is 1. The lowest BCUT2D eigenvalue weighted by molar-refractivity contribution is 0.0950. The summed E-state index contributed by atoms with van der Waals surface area (Å²) in [5, 5.41) is 2.97. The molecule has 1 fully saturated rings. The van der Waals surface area contributed by atoms with Gasteiger partial charge in [0.2, 0.25) is 0 Å². The van der Waals surface area contributed by atoms with Crippen molar-refractivity contribution in [2.24, 2.45) is 7.05 Å². The Morgan fingerprint density at radius 1 is 1.39 bits per heavy atom. The van der Waals surface area contributed by atoms with Gasteiger partial charge in [0.15, 0.2) is 0 Å². The molecular formula is C18H20N4O. The molecule has 0 bridgehead atoms. The van der Waals surface area contributed by atoms with Crippen molar-refractivity contribution >= 4 is 16.9 Å². The number of nitrogens with one attached hydrogen (secondary N) is 2. The molecule has 0 aliphatic heterocycles. The van der Waals surface area contributed by atoms with E-state index < -0.39 is 0 Å². The number of aryl methyl sites for hydroxylation is 2. The third-order valence-corrected chi connectivity index (χ3v) is 4.57. The van der Waals surface area contributed by atoms with E-state index >= 15 is 0 Å². The molecule has 5 heteroatoms. The van der Waals surface area contributed by atoms with Crippen molar-refractivity contribution in [3.8, 4) is 0 Å². The topological polar surface area (TPSA) is 62.7 Å². The minimum atomic E-state index is -0.0523. The highest BCUT2D eigenvalue weighted by Gasteiger charge is 2.28. The van der Waals surface area contributed by atoms with Crippen LogP contribution < -0.4 is 5.32 Å². The van der Waals surface area contributed by atoms with Gasteiger partial charge in [-0.2, -0.15) is 0 Å². The Hall–Kier alpha value is -2.56. The van der Waals surface area contributed by atoms with Gasteiger partial charge in [0.1, 0.15) is 5.82 Å².